The van der Waals surface area contributed by atoms with E-state index in [1.54, 1.807) is 0 Å². The van der Waals surface area contributed by atoms with Crippen molar-refractivity contribution in [2.75, 3.05) is 6.61 Å². The van der Waals surface area contributed by atoms with Crippen LogP contribution in [0.5, 0.6) is 28.7 Å². The summed E-state index contributed by atoms with van der Waals surface area (Å²) in [6, 6.07) is 5.79. The number of carbonyl (C=O) groups is 7. The van der Waals surface area contributed by atoms with Gasteiger partial charge in [-0.05, 0) is 40.4 Å². The Morgan fingerprint density at radius 1 is 0.545 bits per heavy atom. The van der Waals surface area contributed by atoms with Gasteiger partial charge in [0.15, 0.2) is 47.6 Å². The van der Waals surface area contributed by atoms with Crippen molar-refractivity contribution in [3.05, 3.63) is 29.8 Å². The minimum Gasteiger partial charge on any atom is -0.463 e. The predicted octanol–water partition coefficient (Wildman–Crippen LogP) is 2.89. The van der Waals surface area contributed by atoms with Crippen LogP contribution < -0.4 is 23.7 Å². The topological polar surface area (TPSA) is 221 Å². The van der Waals surface area contributed by atoms with Gasteiger partial charge in [-0.25, -0.2) is 0 Å². The van der Waals surface area contributed by atoms with E-state index in [0.717, 1.165) is 27.7 Å². The normalized spacial score (nSPS) is 23.8. The van der Waals surface area contributed by atoms with Gasteiger partial charge in [-0.1, -0.05) is 0 Å². The van der Waals surface area contributed by atoms with Gasteiger partial charge in [-0.3, -0.25) is 33.6 Å². The van der Waals surface area contributed by atoms with Gasteiger partial charge < -0.3 is 52.1 Å². The first-order valence-electron chi connectivity index (χ1n) is 16.9. The van der Waals surface area contributed by atoms with E-state index in [1.807, 2.05) is 0 Å². The van der Waals surface area contributed by atoms with Gasteiger partial charge in [0.25, 0.3) is 0 Å². The summed E-state index contributed by atoms with van der Waals surface area (Å²) in [5, 5.41) is 1.52. The van der Waals surface area contributed by atoms with Gasteiger partial charge in [0.05, 0.1) is 0 Å². The first-order valence-corrected chi connectivity index (χ1v) is 16.9. The molecule has 292 valence electrons. The third-order valence-electron chi connectivity index (χ3n) is 8.51. The largest absolute Gasteiger partial charge is 0.463 e. The zero-order chi connectivity index (χ0) is 39.9. The van der Waals surface area contributed by atoms with Crippen LogP contribution in [0.3, 0.4) is 0 Å². The van der Waals surface area contributed by atoms with Crippen molar-refractivity contribution in [3.8, 4) is 28.7 Å². The molecule has 18 heteroatoms. The van der Waals surface area contributed by atoms with Crippen LogP contribution in [0.2, 0.25) is 0 Å². The fourth-order valence-corrected chi connectivity index (χ4v) is 6.73. The summed E-state index contributed by atoms with van der Waals surface area (Å²) in [5.41, 5.74) is 0.476. The van der Waals surface area contributed by atoms with Crippen molar-refractivity contribution < 1.29 is 85.7 Å². The van der Waals surface area contributed by atoms with Crippen LogP contribution in [0.15, 0.2) is 24.3 Å². The van der Waals surface area contributed by atoms with E-state index >= 15 is 0 Å². The molecule has 0 spiro atoms. The highest BCUT2D eigenvalue weighted by molar-refractivity contribution is 6.14. The second kappa shape index (κ2) is 15.5. The smallest absolute Gasteiger partial charge is 0.308 e. The molecule has 3 aliphatic heterocycles. The van der Waals surface area contributed by atoms with Crippen LogP contribution >= 0.6 is 0 Å². The lowest BCUT2D eigenvalue weighted by Crippen LogP contribution is -2.67. The van der Waals surface area contributed by atoms with Gasteiger partial charge in [0.2, 0.25) is 6.29 Å². The number of hydrogen-bond donors (Lipinski definition) is 0. The summed E-state index contributed by atoms with van der Waals surface area (Å²) in [4.78, 5) is 84.8. The molecule has 7 atom stereocenters. The standard InChI is InChI=1S/C37H36O18/c1-14(38)45-13-31-33(50-19(6)43)34(51-20(7)44)35-37(53-31)52-30-12-25-23-10-27(47-16(3)40)26(46-15(2)39)8-21(23)22-9-28(48-17(4)41)29(49-18(5)42)11-24(22)32(25)54-36(30)55-35/h8-11,30-31,33-37H,12-13H2,1-7H3/t30-,31-,33-,34+,35-,36+,37-/m1/s1. The van der Waals surface area contributed by atoms with Crippen LogP contribution in [-0.4, -0.2) is 91.5 Å². The van der Waals surface area contributed by atoms with E-state index in [4.69, 9.17) is 52.1 Å². The van der Waals surface area contributed by atoms with Crippen molar-refractivity contribution in [3.63, 3.8) is 0 Å². The highest BCUT2D eigenvalue weighted by atomic mass is 16.8. The van der Waals surface area contributed by atoms with Crippen molar-refractivity contribution in [2.45, 2.75) is 98.0 Å². The lowest BCUT2D eigenvalue weighted by Gasteiger charge is -2.50. The van der Waals surface area contributed by atoms with E-state index in [-0.39, 0.29) is 41.8 Å². The van der Waals surface area contributed by atoms with Crippen LogP contribution in [0.1, 0.15) is 54.0 Å². The Hall–Kier alpha value is -5.85. The Bertz CT molecular complexity index is 2120. The maximum absolute atomic E-state index is 12.3. The van der Waals surface area contributed by atoms with Gasteiger partial charge >= 0.3 is 41.8 Å². The van der Waals surface area contributed by atoms with Crippen LogP contribution in [0.25, 0.3) is 21.5 Å². The highest BCUT2D eigenvalue weighted by Crippen LogP contribution is 2.50. The number of benzene rings is 3. The number of hydrogen-bond acceptors (Lipinski definition) is 18. The molecule has 0 N–H and O–H groups in total. The lowest BCUT2D eigenvalue weighted by atomic mass is 9.90. The number of rotatable bonds is 8. The molecule has 0 bridgehead atoms. The molecule has 18 nitrogen and oxygen atoms in total. The minimum absolute atomic E-state index is 0.0419. The SMILES string of the molecule is CC(=O)OC[C@H]1O[C@H]2O[C@@H]3Cc4c(c5cc(OC(C)=O)c(OC(C)=O)cc5c5cc(OC(C)=O)c(OC(C)=O)cc45)O[C@H]3O[C@@H]2[C@@H](OC(C)=O)[C@@H]1OC(C)=O. The second-order valence-corrected chi connectivity index (χ2v) is 12.8. The molecule has 3 heterocycles. The average Bonchev–Trinajstić information content (AvgIpc) is 3.06. The third-order valence-corrected chi connectivity index (χ3v) is 8.51. The summed E-state index contributed by atoms with van der Waals surface area (Å²) in [7, 11) is 0. The monoisotopic (exact) mass is 768 g/mol. The van der Waals surface area contributed by atoms with Gasteiger partial charge in [-0.2, -0.15) is 0 Å². The Morgan fingerprint density at radius 2 is 1.02 bits per heavy atom. The predicted molar refractivity (Wildman–Crippen MR) is 181 cm³/mol. The van der Waals surface area contributed by atoms with E-state index in [0.29, 0.717) is 27.1 Å². The molecule has 6 rings (SSSR count). The Labute approximate surface area is 312 Å². The van der Waals surface area contributed by atoms with Gasteiger partial charge in [-0.15, -0.1) is 0 Å². The zero-order valence-electron chi connectivity index (χ0n) is 30.6. The van der Waals surface area contributed by atoms with Crippen molar-refractivity contribution in [1.29, 1.82) is 0 Å². The van der Waals surface area contributed by atoms with Gasteiger partial charge in [0, 0.05) is 65.8 Å². The van der Waals surface area contributed by atoms with Crippen molar-refractivity contribution >= 4 is 63.3 Å². The number of fused-ring (bicyclic) bond motifs is 8. The molecule has 3 aromatic rings. The quantitative estimate of drug-likeness (QED) is 0.139. The number of ether oxygens (including phenoxy) is 11. The molecule has 0 unspecified atom stereocenters. The zero-order valence-corrected chi connectivity index (χ0v) is 30.6. The fraction of sp³-hybridized carbons (Fsp3) is 0.432. The van der Waals surface area contributed by atoms with E-state index in [2.05, 4.69) is 0 Å². The van der Waals surface area contributed by atoms with Gasteiger partial charge in [0.1, 0.15) is 24.6 Å². The molecule has 0 aliphatic carbocycles. The first-order chi connectivity index (χ1) is 26.0. The minimum atomic E-state index is -1.31. The van der Waals surface area contributed by atoms with E-state index in [1.165, 1.54) is 45.0 Å². The molecule has 3 aliphatic rings. The van der Waals surface area contributed by atoms with Crippen LogP contribution in [-0.2, 0) is 68.4 Å². The van der Waals surface area contributed by atoms with Crippen LogP contribution in [0, 0.1) is 0 Å². The first kappa shape index (κ1) is 38.9. The van der Waals surface area contributed by atoms with E-state index < -0.39 is 84.9 Å². The summed E-state index contributed by atoms with van der Waals surface area (Å²) in [6.45, 7) is 7.75. The Morgan fingerprint density at radius 3 is 1.51 bits per heavy atom. The molecule has 3 aromatic carbocycles. The molecule has 0 amide bonds. The summed E-state index contributed by atoms with van der Waals surface area (Å²) in [6.07, 6.45) is -8.34. The molecular formula is C37H36O18. The lowest BCUT2D eigenvalue weighted by molar-refractivity contribution is -0.390. The highest BCUT2D eigenvalue weighted by Gasteiger charge is 2.57. The molecule has 0 saturated carbocycles. The summed E-state index contributed by atoms with van der Waals surface area (Å²) in [5.74, 6) is -5.22. The van der Waals surface area contributed by atoms with E-state index in [9.17, 15) is 33.6 Å². The average molecular weight is 769 g/mol. The molecular weight excluding hydrogens is 732 g/mol. The van der Waals surface area contributed by atoms with Crippen molar-refractivity contribution in [1.82, 2.24) is 0 Å². The number of esters is 7. The Kier molecular flexibility index (Phi) is 10.9. The van der Waals surface area contributed by atoms with Crippen molar-refractivity contribution in [2.24, 2.45) is 0 Å². The molecule has 55 heavy (non-hydrogen) atoms. The third kappa shape index (κ3) is 8.30. The maximum atomic E-state index is 12.3. The molecule has 2 fully saturated rings. The molecule has 0 radical (unpaired) electrons. The second-order valence-electron chi connectivity index (χ2n) is 12.8. The molecule has 0 aromatic heterocycles. The Balaban J connectivity index is 1.53. The molecule has 2 saturated heterocycles. The summed E-state index contributed by atoms with van der Waals surface area (Å²) < 4.78 is 63.4. The van der Waals surface area contributed by atoms with Crippen LogP contribution in [0.4, 0.5) is 0 Å². The summed E-state index contributed by atoms with van der Waals surface area (Å²) >= 11 is 0. The maximum Gasteiger partial charge on any atom is 0.308 e. The fourth-order valence-electron chi connectivity index (χ4n) is 6.73. The number of carbonyl (C=O) groups excluding carboxylic acids is 7.